The van der Waals surface area contributed by atoms with Crippen molar-refractivity contribution in [2.24, 2.45) is 0 Å². The molecule has 0 saturated heterocycles. The van der Waals surface area contributed by atoms with Crippen LogP contribution in [0.1, 0.15) is 0 Å². The van der Waals surface area contributed by atoms with Gasteiger partial charge in [-0.05, 0) is 0 Å². The van der Waals surface area contributed by atoms with Crippen LogP contribution in [0.15, 0.2) is 0 Å². The predicted octanol–water partition coefficient (Wildman–Crippen LogP) is -5.06. The zero-order valence-corrected chi connectivity index (χ0v) is 7.03. The first-order valence-corrected chi connectivity index (χ1v) is 4.44. The van der Waals surface area contributed by atoms with Gasteiger partial charge in [-0.25, -0.2) is 4.57 Å². The third-order valence-corrected chi connectivity index (χ3v) is 0. The molecular weight excluding hydrogens is 303 g/mol. The van der Waals surface area contributed by atoms with Crippen LogP contribution in [0.4, 0.5) is 0 Å². The van der Waals surface area contributed by atoms with Crippen LogP contribution in [-0.4, -0.2) is 119 Å². The zero-order chi connectivity index (χ0) is 9.00. The fraction of sp³-hybridized carbons (Fsp3) is 0. The van der Waals surface area contributed by atoms with Crippen molar-refractivity contribution in [2.45, 2.75) is 0 Å². The van der Waals surface area contributed by atoms with Gasteiger partial charge >= 0.3 is 93.7 Å². The van der Waals surface area contributed by atoms with Gasteiger partial charge in [0.05, 0.1) is 0 Å². The minimum absolute atomic E-state index is 0. The van der Waals surface area contributed by atoms with Gasteiger partial charge in [0.1, 0.15) is 0 Å². The molecule has 0 aliphatic rings. The normalized spacial score (nSPS) is 8.36. The van der Waals surface area contributed by atoms with E-state index in [4.69, 9.17) is 36.8 Å². The summed E-state index contributed by atoms with van der Waals surface area (Å²) in [6.07, 6.45) is 0. The quantitative estimate of drug-likeness (QED) is 0.165. The van der Waals surface area contributed by atoms with Crippen LogP contribution in [0.25, 0.3) is 0 Å². The number of rotatable bonds is 0. The van der Waals surface area contributed by atoms with E-state index in [1.807, 2.05) is 0 Å². The average Bonchev–Trinajstić information content (AvgIpc) is 1.12. The number of phosphoric acid groups is 1. The van der Waals surface area contributed by atoms with Crippen molar-refractivity contribution in [1.82, 2.24) is 0 Å². The van der Waals surface area contributed by atoms with Gasteiger partial charge in [-0.3, -0.25) is 9.11 Å². The van der Waals surface area contributed by atoms with E-state index in [-0.39, 0.29) is 86.4 Å². The third-order valence-electron chi connectivity index (χ3n) is 0. The molecule has 0 aliphatic heterocycles. The molecule has 0 saturated carbocycles. The number of hydrogen-bond donors (Lipinski definition) is 5. The van der Waals surface area contributed by atoms with Gasteiger partial charge in [0.2, 0.25) is 0 Å². The summed E-state index contributed by atoms with van der Waals surface area (Å²) in [5.74, 6) is 0. The summed E-state index contributed by atoms with van der Waals surface area (Å²) in [6.45, 7) is 0. The van der Waals surface area contributed by atoms with Crippen LogP contribution in [0.3, 0.4) is 0 Å². The maximum atomic E-state index is 8.88. The molecule has 0 unspecified atom stereocenters. The Hall–Kier alpha value is 2.42. The van der Waals surface area contributed by atoms with Gasteiger partial charge in [0, 0.05) is 0 Å². The SMILES string of the molecule is O.O.O=P(O)(O)O.O=S(=O)(O)O.[CaH2].[CaH2]. The molecule has 88 valence electrons. The molecule has 0 aromatic heterocycles. The second kappa shape index (κ2) is 15.4. The summed E-state index contributed by atoms with van der Waals surface area (Å²) in [5, 5.41) is 0. The van der Waals surface area contributed by atoms with Gasteiger partial charge < -0.3 is 25.6 Å². The molecule has 0 amide bonds. The molecule has 0 bridgehead atoms. The Kier molecular flexibility index (Phi) is 39.6. The molecule has 0 atom stereocenters. The molecule has 0 fully saturated rings. The molecule has 10 nitrogen and oxygen atoms in total. The Labute approximate surface area is 139 Å². The van der Waals surface area contributed by atoms with Crippen LogP contribution in [-0.2, 0) is 15.0 Å². The molecular formula is H13Ca2O10PS. The molecule has 0 heterocycles. The molecule has 0 aromatic rings. The zero-order valence-electron chi connectivity index (χ0n) is 5.32. The molecule has 0 radical (unpaired) electrons. The average molecular weight is 316 g/mol. The second-order valence-corrected chi connectivity index (χ2v) is 2.88. The Balaban J connectivity index is -0.0000000178. The fourth-order valence-corrected chi connectivity index (χ4v) is 0. The van der Waals surface area contributed by atoms with Crippen molar-refractivity contribution in [3.8, 4) is 0 Å². The Morgan fingerprint density at radius 3 is 0.857 bits per heavy atom. The van der Waals surface area contributed by atoms with Crippen LogP contribution in [0, 0.1) is 0 Å². The van der Waals surface area contributed by atoms with Crippen molar-refractivity contribution in [3.05, 3.63) is 0 Å². The molecule has 14 heavy (non-hydrogen) atoms. The van der Waals surface area contributed by atoms with E-state index in [1.165, 1.54) is 0 Å². The molecule has 0 aromatic carbocycles. The van der Waals surface area contributed by atoms with Gasteiger partial charge in [-0.15, -0.1) is 0 Å². The maximum absolute atomic E-state index is 8.88. The summed E-state index contributed by atoms with van der Waals surface area (Å²) >= 11 is 0. The summed E-state index contributed by atoms with van der Waals surface area (Å²) < 4.78 is 40.5. The van der Waals surface area contributed by atoms with Crippen molar-refractivity contribution in [1.29, 1.82) is 0 Å². The minimum atomic E-state index is -4.67. The third kappa shape index (κ3) is 444. The second-order valence-electron chi connectivity index (χ2n) is 0.961. The molecule has 0 spiro atoms. The molecule has 0 rings (SSSR count). The topological polar surface area (TPSA) is 215 Å². The Bertz CT molecular complexity index is 196. The fourth-order valence-electron chi connectivity index (χ4n) is 0. The summed E-state index contributed by atoms with van der Waals surface area (Å²) in [7, 11) is -9.31. The van der Waals surface area contributed by atoms with Crippen LogP contribution < -0.4 is 0 Å². The van der Waals surface area contributed by atoms with E-state index < -0.39 is 18.2 Å². The van der Waals surface area contributed by atoms with Crippen LogP contribution in [0.2, 0.25) is 0 Å². The van der Waals surface area contributed by atoms with Crippen LogP contribution >= 0.6 is 7.82 Å². The van der Waals surface area contributed by atoms with E-state index in [0.717, 1.165) is 0 Å². The monoisotopic (exact) mass is 316 g/mol. The van der Waals surface area contributed by atoms with E-state index in [2.05, 4.69) is 0 Å². The molecule has 14 heteroatoms. The van der Waals surface area contributed by atoms with Crippen LogP contribution in [0.5, 0.6) is 0 Å². The Morgan fingerprint density at radius 2 is 0.857 bits per heavy atom. The summed E-state index contributed by atoms with van der Waals surface area (Å²) in [4.78, 5) is 21.6. The summed E-state index contributed by atoms with van der Waals surface area (Å²) in [6, 6.07) is 0. The molecule has 0 aliphatic carbocycles. The first-order valence-electron chi connectivity index (χ1n) is 1.48. The van der Waals surface area contributed by atoms with Crippen molar-refractivity contribution >= 4 is 93.7 Å². The van der Waals surface area contributed by atoms with E-state index in [9.17, 15) is 0 Å². The standard InChI is InChI=1S/2Ca.H3O4P.H2O4S.2H2O.4H/c;;2*1-5(2,3)4;;;;;;/h;;(H3,1,2,3,4);(H2,1,2,3,4);2*1H2;;;;. The summed E-state index contributed by atoms with van der Waals surface area (Å²) in [5.41, 5.74) is 0. The van der Waals surface area contributed by atoms with E-state index in [0.29, 0.717) is 0 Å². The van der Waals surface area contributed by atoms with E-state index in [1.54, 1.807) is 0 Å². The van der Waals surface area contributed by atoms with Crippen molar-refractivity contribution in [2.75, 3.05) is 0 Å². The predicted molar refractivity (Wildman–Crippen MR) is 52.8 cm³/mol. The van der Waals surface area contributed by atoms with Crippen molar-refractivity contribution < 1.29 is 47.7 Å². The van der Waals surface area contributed by atoms with Gasteiger partial charge in [-0.2, -0.15) is 8.42 Å². The Morgan fingerprint density at radius 1 is 0.857 bits per heavy atom. The van der Waals surface area contributed by atoms with Crippen molar-refractivity contribution in [3.63, 3.8) is 0 Å². The van der Waals surface area contributed by atoms with Gasteiger partial charge in [0.25, 0.3) is 0 Å². The van der Waals surface area contributed by atoms with Gasteiger partial charge in [-0.1, -0.05) is 0 Å². The van der Waals surface area contributed by atoms with Gasteiger partial charge in [0.15, 0.2) is 0 Å². The first kappa shape index (κ1) is 36.0. The first-order chi connectivity index (χ1) is 4.00. The molecule has 9 N–H and O–H groups in total. The number of hydrogen-bond acceptors (Lipinski definition) is 3. The van der Waals surface area contributed by atoms with E-state index >= 15 is 0 Å².